The standard InChI is InChI=1S/C24H23NO5/c26-22(27)14-15-25-24(28)20-12-7-13-21(29-16-18-8-3-1-4-9-18)23(20)30-17-19-10-5-2-6-11-19/h1-13H,14-17H2,(H,25,28)(H,26,27). The van der Waals surface area contributed by atoms with E-state index in [-0.39, 0.29) is 19.6 Å². The summed E-state index contributed by atoms with van der Waals surface area (Å²) in [5.74, 6) is -0.619. The van der Waals surface area contributed by atoms with Gasteiger partial charge >= 0.3 is 5.97 Å². The number of amides is 1. The molecule has 0 spiro atoms. The van der Waals surface area contributed by atoms with E-state index in [1.807, 2.05) is 60.7 Å². The number of rotatable bonds is 10. The van der Waals surface area contributed by atoms with Gasteiger partial charge in [0.15, 0.2) is 11.5 Å². The van der Waals surface area contributed by atoms with Gasteiger partial charge in [0.25, 0.3) is 5.91 Å². The fourth-order valence-corrected chi connectivity index (χ4v) is 2.80. The minimum absolute atomic E-state index is 0.0292. The molecule has 6 heteroatoms. The Labute approximate surface area is 175 Å². The second kappa shape index (κ2) is 10.7. The molecule has 0 aliphatic rings. The van der Waals surface area contributed by atoms with Crippen LogP contribution in [0.2, 0.25) is 0 Å². The zero-order valence-electron chi connectivity index (χ0n) is 16.4. The Balaban J connectivity index is 1.80. The SMILES string of the molecule is O=C(O)CCNC(=O)c1cccc(OCc2ccccc2)c1OCc1ccccc1. The lowest BCUT2D eigenvalue weighted by molar-refractivity contribution is -0.136. The molecule has 3 aromatic carbocycles. The number of nitrogens with one attached hydrogen (secondary N) is 1. The van der Waals surface area contributed by atoms with E-state index in [1.165, 1.54) is 0 Å². The first kappa shape index (κ1) is 20.9. The van der Waals surface area contributed by atoms with Crippen LogP contribution < -0.4 is 14.8 Å². The van der Waals surface area contributed by atoms with E-state index in [0.717, 1.165) is 11.1 Å². The fourth-order valence-electron chi connectivity index (χ4n) is 2.80. The summed E-state index contributed by atoms with van der Waals surface area (Å²) in [7, 11) is 0. The molecular weight excluding hydrogens is 382 g/mol. The maximum atomic E-state index is 12.6. The van der Waals surface area contributed by atoms with Gasteiger partial charge in [-0.05, 0) is 23.3 Å². The summed E-state index contributed by atoms with van der Waals surface area (Å²) in [6, 6.07) is 24.4. The van der Waals surface area contributed by atoms with Crippen LogP contribution in [0.3, 0.4) is 0 Å². The number of carbonyl (C=O) groups excluding carboxylic acids is 1. The maximum Gasteiger partial charge on any atom is 0.305 e. The number of benzene rings is 3. The molecule has 0 radical (unpaired) electrons. The highest BCUT2D eigenvalue weighted by Gasteiger charge is 2.18. The van der Waals surface area contributed by atoms with E-state index >= 15 is 0 Å². The van der Waals surface area contributed by atoms with Crippen LogP contribution in [0.15, 0.2) is 78.9 Å². The summed E-state index contributed by atoms with van der Waals surface area (Å²) in [6.45, 7) is 0.621. The third kappa shape index (κ3) is 6.10. The lowest BCUT2D eigenvalue weighted by Gasteiger charge is -2.16. The Bertz CT molecular complexity index is 973. The molecule has 0 aromatic heterocycles. The van der Waals surface area contributed by atoms with Gasteiger partial charge in [0.05, 0.1) is 12.0 Å². The van der Waals surface area contributed by atoms with E-state index in [0.29, 0.717) is 23.7 Å². The number of para-hydroxylation sites is 1. The third-order valence-electron chi connectivity index (χ3n) is 4.31. The van der Waals surface area contributed by atoms with Crippen LogP contribution in [-0.2, 0) is 18.0 Å². The smallest absolute Gasteiger partial charge is 0.305 e. The predicted molar refractivity (Wildman–Crippen MR) is 113 cm³/mol. The topological polar surface area (TPSA) is 84.9 Å². The van der Waals surface area contributed by atoms with Crippen molar-refractivity contribution >= 4 is 11.9 Å². The van der Waals surface area contributed by atoms with Crippen molar-refractivity contribution < 1.29 is 24.2 Å². The summed E-state index contributed by atoms with van der Waals surface area (Å²) in [6.07, 6.45) is -0.157. The van der Waals surface area contributed by atoms with Gasteiger partial charge in [0.1, 0.15) is 13.2 Å². The molecule has 0 saturated carbocycles. The number of hydrogen-bond donors (Lipinski definition) is 2. The molecule has 0 aliphatic heterocycles. The summed E-state index contributed by atoms with van der Waals surface area (Å²) >= 11 is 0. The van der Waals surface area contributed by atoms with E-state index in [2.05, 4.69) is 5.32 Å². The lowest BCUT2D eigenvalue weighted by atomic mass is 10.1. The van der Waals surface area contributed by atoms with Crippen LogP contribution in [0, 0.1) is 0 Å². The van der Waals surface area contributed by atoms with Crippen LogP contribution in [0.25, 0.3) is 0 Å². The monoisotopic (exact) mass is 405 g/mol. The van der Waals surface area contributed by atoms with Crippen LogP contribution in [0.1, 0.15) is 27.9 Å². The number of aliphatic carboxylic acids is 1. The first-order chi connectivity index (χ1) is 14.6. The van der Waals surface area contributed by atoms with Gasteiger partial charge in [-0.15, -0.1) is 0 Å². The van der Waals surface area contributed by atoms with Gasteiger partial charge in [-0.25, -0.2) is 0 Å². The van der Waals surface area contributed by atoms with Crippen LogP contribution in [0.4, 0.5) is 0 Å². The molecule has 0 aliphatic carbocycles. The second-order valence-electron chi connectivity index (χ2n) is 6.58. The minimum atomic E-state index is -0.976. The summed E-state index contributed by atoms with van der Waals surface area (Å²) in [5.41, 5.74) is 2.23. The molecule has 30 heavy (non-hydrogen) atoms. The fraction of sp³-hybridized carbons (Fsp3) is 0.167. The first-order valence-corrected chi connectivity index (χ1v) is 9.60. The number of carboxylic acid groups (broad SMARTS) is 1. The zero-order chi connectivity index (χ0) is 21.2. The Morgan fingerprint density at radius 2 is 1.37 bits per heavy atom. The normalized spacial score (nSPS) is 10.3. The van der Waals surface area contributed by atoms with Crippen molar-refractivity contribution in [3.05, 3.63) is 95.6 Å². The van der Waals surface area contributed by atoms with Crippen molar-refractivity contribution in [3.8, 4) is 11.5 Å². The molecule has 1 amide bonds. The molecule has 0 heterocycles. The van der Waals surface area contributed by atoms with Gasteiger partial charge in [-0.3, -0.25) is 9.59 Å². The van der Waals surface area contributed by atoms with Crippen molar-refractivity contribution in [2.45, 2.75) is 19.6 Å². The first-order valence-electron chi connectivity index (χ1n) is 9.60. The molecule has 2 N–H and O–H groups in total. The van der Waals surface area contributed by atoms with Crippen molar-refractivity contribution in [1.29, 1.82) is 0 Å². The van der Waals surface area contributed by atoms with Gasteiger partial charge in [-0.2, -0.15) is 0 Å². The Morgan fingerprint density at radius 3 is 1.97 bits per heavy atom. The molecule has 0 bridgehead atoms. The Kier molecular flexibility index (Phi) is 7.44. The second-order valence-corrected chi connectivity index (χ2v) is 6.58. The Morgan fingerprint density at radius 1 is 0.767 bits per heavy atom. The van der Waals surface area contributed by atoms with Crippen molar-refractivity contribution in [2.24, 2.45) is 0 Å². The predicted octanol–water partition coefficient (Wildman–Crippen LogP) is 4.05. The number of ether oxygens (including phenoxy) is 2. The average molecular weight is 405 g/mol. The summed E-state index contributed by atoms with van der Waals surface area (Å²) in [5, 5.41) is 11.4. The largest absolute Gasteiger partial charge is 0.485 e. The number of carboxylic acids is 1. The van der Waals surface area contributed by atoms with Gasteiger partial charge in [-0.1, -0.05) is 66.7 Å². The molecule has 6 nitrogen and oxygen atoms in total. The molecule has 0 fully saturated rings. The highest BCUT2D eigenvalue weighted by molar-refractivity contribution is 5.98. The van der Waals surface area contributed by atoms with Crippen LogP contribution >= 0.6 is 0 Å². The van der Waals surface area contributed by atoms with Gasteiger partial charge < -0.3 is 19.9 Å². The van der Waals surface area contributed by atoms with Gasteiger partial charge in [0, 0.05) is 6.54 Å². The molecule has 0 unspecified atom stereocenters. The lowest BCUT2D eigenvalue weighted by Crippen LogP contribution is -2.26. The summed E-state index contributed by atoms with van der Waals surface area (Å²) < 4.78 is 11.9. The van der Waals surface area contributed by atoms with Crippen molar-refractivity contribution in [1.82, 2.24) is 5.32 Å². The highest BCUT2D eigenvalue weighted by atomic mass is 16.5. The van der Waals surface area contributed by atoms with E-state index < -0.39 is 11.9 Å². The molecule has 3 aromatic rings. The molecule has 3 rings (SSSR count). The molecule has 154 valence electrons. The van der Waals surface area contributed by atoms with E-state index in [1.54, 1.807) is 18.2 Å². The molecule has 0 atom stereocenters. The maximum absolute atomic E-state index is 12.6. The quantitative estimate of drug-likeness (QED) is 0.532. The van der Waals surface area contributed by atoms with Crippen molar-refractivity contribution in [2.75, 3.05) is 6.54 Å². The molecular formula is C24H23NO5. The van der Waals surface area contributed by atoms with Crippen LogP contribution in [-0.4, -0.2) is 23.5 Å². The minimum Gasteiger partial charge on any atom is -0.485 e. The Hall–Kier alpha value is -3.80. The zero-order valence-corrected chi connectivity index (χ0v) is 16.4. The van der Waals surface area contributed by atoms with Crippen LogP contribution in [0.5, 0.6) is 11.5 Å². The van der Waals surface area contributed by atoms with E-state index in [4.69, 9.17) is 14.6 Å². The number of carbonyl (C=O) groups is 2. The summed E-state index contributed by atoms with van der Waals surface area (Å²) in [4.78, 5) is 23.4. The molecule has 0 saturated heterocycles. The van der Waals surface area contributed by atoms with E-state index in [9.17, 15) is 9.59 Å². The van der Waals surface area contributed by atoms with Gasteiger partial charge in [0.2, 0.25) is 0 Å². The van der Waals surface area contributed by atoms with Crippen molar-refractivity contribution in [3.63, 3.8) is 0 Å². The number of hydrogen-bond acceptors (Lipinski definition) is 4. The third-order valence-corrected chi connectivity index (χ3v) is 4.31. The highest BCUT2D eigenvalue weighted by Crippen LogP contribution is 2.33. The average Bonchev–Trinajstić information content (AvgIpc) is 2.77.